The largest absolute Gasteiger partial charge is 0.370 e. The summed E-state index contributed by atoms with van der Waals surface area (Å²) in [7, 11) is 4.25. The fourth-order valence-corrected chi connectivity index (χ4v) is 5.17. The van der Waals surface area contributed by atoms with Gasteiger partial charge in [0.25, 0.3) is 11.1 Å². The van der Waals surface area contributed by atoms with Gasteiger partial charge in [-0.15, -0.1) is 6.58 Å². The summed E-state index contributed by atoms with van der Waals surface area (Å²) >= 11 is 0. The van der Waals surface area contributed by atoms with Crippen LogP contribution >= 0.6 is 0 Å². The minimum absolute atomic E-state index is 0.208. The number of hydrogen-bond acceptors (Lipinski definition) is 8. The summed E-state index contributed by atoms with van der Waals surface area (Å²) in [4.78, 5) is 44.3. The van der Waals surface area contributed by atoms with Gasteiger partial charge in [-0.2, -0.15) is 4.98 Å². The summed E-state index contributed by atoms with van der Waals surface area (Å²) in [5, 5.41) is 3.61. The average molecular weight is 550 g/mol. The number of rotatable bonds is 8. The van der Waals surface area contributed by atoms with Crippen LogP contribution in [0, 0.1) is 0 Å². The molecule has 11 heteroatoms. The van der Waals surface area contributed by atoms with Crippen molar-refractivity contribution in [2.24, 2.45) is 0 Å². The Bertz CT molecular complexity index is 1840. The van der Waals surface area contributed by atoms with Crippen molar-refractivity contribution in [1.29, 1.82) is 0 Å². The lowest BCUT2D eigenvalue weighted by Gasteiger charge is -2.22. The number of benzene rings is 1. The molecule has 5 aromatic rings. The Balaban J connectivity index is 1.35. The highest BCUT2D eigenvalue weighted by Crippen LogP contribution is 2.25. The van der Waals surface area contributed by atoms with Crippen LogP contribution in [-0.2, 0) is 6.54 Å². The predicted octanol–water partition coefficient (Wildman–Crippen LogP) is 3.20. The van der Waals surface area contributed by atoms with Crippen LogP contribution in [0.3, 0.4) is 0 Å². The van der Waals surface area contributed by atoms with E-state index in [0.29, 0.717) is 34.7 Å². The molecule has 0 radical (unpaired) electrons. The van der Waals surface area contributed by atoms with Crippen LogP contribution in [-0.4, -0.2) is 67.0 Å². The standard InChI is InChI=1S/C30H31N9O2/c1-4-16-38-29(41)24-19-31-30(32-21-11-13-22(14-12-21)36-18-15-23(20-36)35(2)3)34-28(24)39(38)26-9-7-8-25(33-26)37-17-6-5-10-27(37)40/h4-14,17,19,23H,1,15-16,18,20H2,2-3H3,(H,31,32,34)/t23-/m1/s1. The lowest BCUT2D eigenvalue weighted by molar-refractivity contribution is 0.315. The number of fused-ring (bicyclic) bond motifs is 1. The zero-order chi connectivity index (χ0) is 28.5. The molecule has 208 valence electrons. The van der Waals surface area contributed by atoms with Gasteiger partial charge in [0.2, 0.25) is 5.95 Å². The topological polar surface area (TPSA) is 106 Å². The van der Waals surface area contributed by atoms with Gasteiger partial charge >= 0.3 is 0 Å². The molecule has 0 saturated carbocycles. The maximum absolute atomic E-state index is 13.3. The van der Waals surface area contributed by atoms with E-state index in [0.717, 1.165) is 25.2 Å². The Hall–Kier alpha value is -5.03. The molecule has 0 unspecified atom stereocenters. The lowest BCUT2D eigenvalue weighted by atomic mass is 10.2. The Labute approximate surface area is 236 Å². The molecular weight excluding hydrogens is 518 g/mol. The number of pyridine rings is 2. The molecule has 5 heterocycles. The van der Waals surface area contributed by atoms with E-state index in [1.807, 2.05) is 12.1 Å². The molecule has 0 amide bonds. The highest BCUT2D eigenvalue weighted by molar-refractivity contribution is 5.77. The molecule has 1 aliphatic rings. The average Bonchev–Trinajstić information content (AvgIpc) is 3.58. The fraction of sp³-hybridized carbons (Fsp3) is 0.233. The van der Waals surface area contributed by atoms with Gasteiger partial charge in [-0.1, -0.05) is 18.2 Å². The van der Waals surface area contributed by atoms with E-state index >= 15 is 0 Å². The summed E-state index contributed by atoms with van der Waals surface area (Å²) in [6, 6.07) is 19.0. The monoisotopic (exact) mass is 549 g/mol. The van der Waals surface area contributed by atoms with E-state index in [9.17, 15) is 9.59 Å². The minimum Gasteiger partial charge on any atom is -0.370 e. The van der Waals surface area contributed by atoms with Crippen LogP contribution in [0.25, 0.3) is 22.7 Å². The second kappa shape index (κ2) is 10.9. The first-order valence-corrected chi connectivity index (χ1v) is 13.5. The first-order valence-electron chi connectivity index (χ1n) is 13.5. The van der Waals surface area contributed by atoms with Crippen molar-refractivity contribution < 1.29 is 0 Å². The number of allylic oxidation sites excluding steroid dienone is 1. The van der Waals surface area contributed by atoms with Crippen LogP contribution < -0.4 is 21.3 Å². The molecule has 0 aliphatic carbocycles. The van der Waals surface area contributed by atoms with E-state index in [1.54, 1.807) is 47.3 Å². The Kier molecular flexibility index (Phi) is 6.94. The number of hydrogen-bond donors (Lipinski definition) is 1. The number of anilines is 3. The van der Waals surface area contributed by atoms with Crippen molar-refractivity contribution in [3.8, 4) is 11.6 Å². The molecule has 0 spiro atoms. The molecule has 11 nitrogen and oxygen atoms in total. The highest BCUT2D eigenvalue weighted by atomic mass is 16.1. The minimum atomic E-state index is -0.262. The highest BCUT2D eigenvalue weighted by Gasteiger charge is 2.24. The van der Waals surface area contributed by atoms with Crippen molar-refractivity contribution in [1.82, 2.24) is 33.8 Å². The van der Waals surface area contributed by atoms with E-state index in [2.05, 4.69) is 52.9 Å². The van der Waals surface area contributed by atoms with Crippen LogP contribution in [0.4, 0.5) is 17.3 Å². The molecule has 4 aromatic heterocycles. The van der Waals surface area contributed by atoms with E-state index in [-0.39, 0.29) is 17.7 Å². The van der Waals surface area contributed by atoms with Gasteiger partial charge in [-0.05, 0) is 63.0 Å². The summed E-state index contributed by atoms with van der Waals surface area (Å²) < 4.78 is 4.59. The SMILES string of the molecule is C=CCn1c(=O)c2cnc(Nc3ccc(N4CC[C@@H](N(C)C)C4)cc3)nc2n1-c1cccc(-n2ccccc2=O)n1. The normalized spacial score (nSPS) is 15.1. The van der Waals surface area contributed by atoms with Gasteiger partial charge in [0.1, 0.15) is 11.2 Å². The van der Waals surface area contributed by atoms with E-state index in [4.69, 9.17) is 9.97 Å². The van der Waals surface area contributed by atoms with E-state index < -0.39 is 0 Å². The van der Waals surface area contributed by atoms with Crippen molar-refractivity contribution in [3.05, 3.63) is 106 Å². The molecule has 1 saturated heterocycles. The summed E-state index contributed by atoms with van der Waals surface area (Å²) in [5.41, 5.74) is 1.93. The fourth-order valence-electron chi connectivity index (χ4n) is 5.17. The smallest absolute Gasteiger partial charge is 0.278 e. The van der Waals surface area contributed by atoms with Crippen LogP contribution in [0.2, 0.25) is 0 Å². The summed E-state index contributed by atoms with van der Waals surface area (Å²) in [5.74, 6) is 1.21. The summed E-state index contributed by atoms with van der Waals surface area (Å²) in [6.07, 6.45) is 5.96. The second-order valence-corrected chi connectivity index (χ2v) is 10.2. The molecule has 1 aliphatic heterocycles. The third kappa shape index (κ3) is 5.03. The molecule has 6 rings (SSSR count). The van der Waals surface area contributed by atoms with Gasteiger partial charge in [-0.25, -0.2) is 19.3 Å². The van der Waals surface area contributed by atoms with Crippen molar-refractivity contribution in [2.45, 2.75) is 19.0 Å². The van der Waals surface area contributed by atoms with Crippen LogP contribution in [0.15, 0.2) is 95.3 Å². The number of nitrogens with one attached hydrogen (secondary N) is 1. The number of aromatic nitrogens is 6. The molecule has 41 heavy (non-hydrogen) atoms. The van der Waals surface area contributed by atoms with Crippen LogP contribution in [0.1, 0.15) is 6.42 Å². The van der Waals surface area contributed by atoms with Crippen molar-refractivity contribution in [3.63, 3.8) is 0 Å². The zero-order valence-electron chi connectivity index (χ0n) is 23.0. The first-order chi connectivity index (χ1) is 19.9. The van der Waals surface area contributed by atoms with Gasteiger partial charge in [0, 0.05) is 49.0 Å². The Morgan fingerprint density at radius 3 is 2.56 bits per heavy atom. The van der Waals surface area contributed by atoms with Gasteiger partial charge in [0.15, 0.2) is 11.5 Å². The number of nitrogens with zero attached hydrogens (tertiary/aromatic N) is 8. The third-order valence-corrected chi connectivity index (χ3v) is 7.37. The quantitative estimate of drug-likeness (QED) is 0.294. The molecule has 1 fully saturated rings. The predicted molar refractivity (Wildman–Crippen MR) is 161 cm³/mol. The van der Waals surface area contributed by atoms with E-state index in [1.165, 1.54) is 27.2 Å². The van der Waals surface area contributed by atoms with Gasteiger partial charge in [-0.3, -0.25) is 14.2 Å². The van der Waals surface area contributed by atoms with Gasteiger partial charge in [0.05, 0.1) is 6.54 Å². The zero-order valence-corrected chi connectivity index (χ0v) is 23.0. The maximum atomic E-state index is 13.3. The molecule has 1 N–H and O–H groups in total. The Morgan fingerprint density at radius 2 is 1.83 bits per heavy atom. The molecule has 1 aromatic carbocycles. The van der Waals surface area contributed by atoms with Crippen molar-refractivity contribution in [2.75, 3.05) is 37.4 Å². The number of likely N-dealkylation sites (N-methyl/N-ethyl adjacent to an activating group) is 1. The molecular formula is C30H31N9O2. The molecule has 1 atom stereocenters. The van der Waals surface area contributed by atoms with Crippen LogP contribution in [0.5, 0.6) is 0 Å². The lowest BCUT2D eigenvalue weighted by Crippen LogP contribution is -2.31. The second-order valence-electron chi connectivity index (χ2n) is 10.2. The van der Waals surface area contributed by atoms with Gasteiger partial charge < -0.3 is 15.1 Å². The summed E-state index contributed by atoms with van der Waals surface area (Å²) in [6.45, 7) is 6.08. The first kappa shape index (κ1) is 26.2. The van der Waals surface area contributed by atoms with Crippen molar-refractivity contribution >= 4 is 28.4 Å². The molecule has 0 bridgehead atoms. The maximum Gasteiger partial charge on any atom is 0.278 e. The third-order valence-electron chi connectivity index (χ3n) is 7.37. The Morgan fingerprint density at radius 1 is 1.02 bits per heavy atom.